The number of carboxylic acid groups (broad SMARTS) is 1. The average Bonchev–Trinajstić information content (AvgIpc) is 2.33. The molecule has 0 radical (unpaired) electrons. The fraction of sp³-hybridized carbons (Fsp3) is 0.364. The Balaban J connectivity index is 2.15. The third-order valence-electron chi connectivity index (χ3n) is 2.57. The van der Waals surface area contributed by atoms with Gasteiger partial charge in [-0.25, -0.2) is 9.59 Å². The molecule has 2 rings (SSSR count). The number of rotatable bonds is 3. The van der Waals surface area contributed by atoms with Crippen LogP contribution in [0.3, 0.4) is 0 Å². The van der Waals surface area contributed by atoms with E-state index in [1.807, 2.05) is 0 Å². The molecule has 1 amide bonds. The van der Waals surface area contributed by atoms with Crippen LogP contribution in [-0.2, 0) is 16.1 Å². The number of pyridine rings is 1. The van der Waals surface area contributed by atoms with Crippen LogP contribution >= 0.6 is 0 Å². The van der Waals surface area contributed by atoms with E-state index in [0.717, 1.165) is 0 Å². The van der Waals surface area contributed by atoms with Crippen LogP contribution in [0.25, 0.3) is 0 Å². The molecule has 1 aliphatic rings. The zero-order chi connectivity index (χ0) is 12.3. The number of carboxylic acids is 1. The van der Waals surface area contributed by atoms with Gasteiger partial charge in [-0.1, -0.05) is 6.07 Å². The summed E-state index contributed by atoms with van der Waals surface area (Å²) in [5.41, 5.74) is 0.637. The van der Waals surface area contributed by atoms with Crippen molar-refractivity contribution in [3.8, 4) is 0 Å². The van der Waals surface area contributed by atoms with E-state index in [4.69, 9.17) is 9.84 Å². The molecule has 0 saturated carbocycles. The fourth-order valence-corrected chi connectivity index (χ4v) is 1.72. The summed E-state index contributed by atoms with van der Waals surface area (Å²) in [4.78, 5) is 27.8. The summed E-state index contributed by atoms with van der Waals surface area (Å²) in [6, 6.07) is 4.44. The van der Waals surface area contributed by atoms with Gasteiger partial charge in [0.1, 0.15) is 6.04 Å². The highest BCUT2D eigenvalue weighted by atomic mass is 16.6. The van der Waals surface area contributed by atoms with Crippen LogP contribution < -0.4 is 0 Å². The molecule has 1 unspecified atom stereocenters. The SMILES string of the molecule is O=C(O)C1CCOC(=O)N1Cc1ccccn1. The summed E-state index contributed by atoms with van der Waals surface area (Å²) in [6.07, 6.45) is 1.29. The van der Waals surface area contributed by atoms with Crippen molar-refractivity contribution in [2.24, 2.45) is 0 Å². The third kappa shape index (κ3) is 2.52. The number of ether oxygens (including phenoxy) is 1. The number of carbonyl (C=O) groups excluding carboxylic acids is 1. The van der Waals surface area contributed by atoms with Crippen molar-refractivity contribution in [1.82, 2.24) is 9.88 Å². The Morgan fingerprint density at radius 1 is 1.59 bits per heavy atom. The highest BCUT2D eigenvalue weighted by molar-refractivity contribution is 5.80. The molecule has 1 saturated heterocycles. The molecule has 6 nitrogen and oxygen atoms in total. The molecule has 0 bridgehead atoms. The number of amides is 1. The van der Waals surface area contributed by atoms with E-state index in [9.17, 15) is 9.59 Å². The lowest BCUT2D eigenvalue weighted by Gasteiger charge is -2.31. The second-order valence-corrected chi connectivity index (χ2v) is 3.71. The largest absolute Gasteiger partial charge is 0.480 e. The van der Waals surface area contributed by atoms with E-state index in [0.29, 0.717) is 12.1 Å². The number of hydrogen-bond donors (Lipinski definition) is 1. The van der Waals surface area contributed by atoms with Crippen LogP contribution in [0.4, 0.5) is 4.79 Å². The summed E-state index contributed by atoms with van der Waals surface area (Å²) < 4.78 is 4.84. The lowest BCUT2D eigenvalue weighted by atomic mass is 10.1. The first-order valence-corrected chi connectivity index (χ1v) is 5.24. The minimum absolute atomic E-state index is 0.147. The Labute approximate surface area is 97.8 Å². The van der Waals surface area contributed by atoms with E-state index >= 15 is 0 Å². The predicted octanol–water partition coefficient (Wildman–Crippen LogP) is 0.877. The molecule has 1 aliphatic heterocycles. The van der Waals surface area contributed by atoms with Crippen LogP contribution in [0.5, 0.6) is 0 Å². The lowest BCUT2D eigenvalue weighted by molar-refractivity contribution is -0.145. The molecule has 0 aliphatic carbocycles. The molecular weight excluding hydrogens is 224 g/mol. The Kier molecular flexibility index (Phi) is 3.22. The standard InChI is InChI=1S/C11H12N2O4/c14-10(15)9-4-6-17-11(16)13(9)7-8-3-1-2-5-12-8/h1-3,5,9H,4,6-7H2,(H,14,15). The van der Waals surface area contributed by atoms with Crippen molar-refractivity contribution in [1.29, 1.82) is 0 Å². The van der Waals surface area contributed by atoms with Crippen molar-refractivity contribution in [2.75, 3.05) is 6.61 Å². The number of nitrogens with zero attached hydrogens (tertiary/aromatic N) is 2. The van der Waals surface area contributed by atoms with Gasteiger partial charge in [0.15, 0.2) is 0 Å². The Bertz CT molecular complexity index is 421. The summed E-state index contributed by atoms with van der Waals surface area (Å²) in [5.74, 6) is -1.02. The summed E-state index contributed by atoms with van der Waals surface area (Å²) in [6.45, 7) is 0.297. The molecule has 6 heteroatoms. The van der Waals surface area contributed by atoms with Gasteiger partial charge in [0, 0.05) is 12.6 Å². The first-order valence-electron chi connectivity index (χ1n) is 5.24. The number of carbonyl (C=O) groups is 2. The Hall–Kier alpha value is -2.11. The van der Waals surface area contributed by atoms with E-state index in [-0.39, 0.29) is 13.2 Å². The van der Waals surface area contributed by atoms with Crippen molar-refractivity contribution in [2.45, 2.75) is 19.0 Å². The number of aliphatic carboxylic acids is 1. The van der Waals surface area contributed by atoms with E-state index in [2.05, 4.69) is 4.98 Å². The molecule has 0 aromatic carbocycles. The zero-order valence-electron chi connectivity index (χ0n) is 9.07. The van der Waals surface area contributed by atoms with Gasteiger partial charge in [-0.15, -0.1) is 0 Å². The number of aromatic nitrogens is 1. The van der Waals surface area contributed by atoms with Gasteiger partial charge in [-0.2, -0.15) is 0 Å². The van der Waals surface area contributed by atoms with Crippen LogP contribution in [0.15, 0.2) is 24.4 Å². The molecular formula is C11H12N2O4. The van der Waals surface area contributed by atoms with Crippen LogP contribution in [0.1, 0.15) is 12.1 Å². The molecule has 2 heterocycles. The maximum Gasteiger partial charge on any atom is 0.410 e. The van der Waals surface area contributed by atoms with E-state index in [1.165, 1.54) is 4.90 Å². The first kappa shape index (κ1) is 11.4. The maximum atomic E-state index is 11.5. The molecule has 1 aromatic rings. The van der Waals surface area contributed by atoms with Gasteiger partial charge < -0.3 is 9.84 Å². The second kappa shape index (κ2) is 4.82. The maximum absolute atomic E-state index is 11.5. The highest BCUT2D eigenvalue weighted by Gasteiger charge is 2.34. The third-order valence-corrected chi connectivity index (χ3v) is 2.57. The fourth-order valence-electron chi connectivity index (χ4n) is 1.72. The smallest absolute Gasteiger partial charge is 0.410 e. The highest BCUT2D eigenvalue weighted by Crippen LogP contribution is 2.16. The van der Waals surface area contributed by atoms with Gasteiger partial charge in [0.25, 0.3) is 0 Å². The lowest BCUT2D eigenvalue weighted by Crippen LogP contribution is -2.49. The van der Waals surface area contributed by atoms with Crippen LogP contribution in [-0.4, -0.2) is 39.7 Å². The summed E-state index contributed by atoms with van der Waals surface area (Å²) >= 11 is 0. The monoisotopic (exact) mass is 236 g/mol. The average molecular weight is 236 g/mol. The van der Waals surface area contributed by atoms with Gasteiger partial charge in [-0.05, 0) is 12.1 Å². The molecule has 1 aromatic heterocycles. The van der Waals surface area contributed by atoms with Crippen molar-refractivity contribution >= 4 is 12.1 Å². The summed E-state index contributed by atoms with van der Waals surface area (Å²) in [7, 11) is 0. The van der Waals surface area contributed by atoms with E-state index in [1.54, 1.807) is 24.4 Å². The minimum Gasteiger partial charge on any atom is -0.480 e. The molecule has 17 heavy (non-hydrogen) atoms. The quantitative estimate of drug-likeness (QED) is 0.842. The van der Waals surface area contributed by atoms with Crippen LogP contribution in [0.2, 0.25) is 0 Å². The van der Waals surface area contributed by atoms with Crippen molar-refractivity contribution < 1.29 is 19.4 Å². The molecule has 90 valence electrons. The molecule has 1 N–H and O–H groups in total. The minimum atomic E-state index is -1.02. The van der Waals surface area contributed by atoms with Gasteiger partial charge in [0.2, 0.25) is 0 Å². The normalized spacial score (nSPS) is 19.9. The number of hydrogen-bond acceptors (Lipinski definition) is 4. The molecule has 1 fully saturated rings. The predicted molar refractivity (Wildman–Crippen MR) is 57.2 cm³/mol. The Morgan fingerprint density at radius 3 is 3.06 bits per heavy atom. The molecule has 0 spiro atoms. The van der Waals surface area contributed by atoms with Gasteiger partial charge in [0.05, 0.1) is 18.8 Å². The first-order chi connectivity index (χ1) is 8.18. The zero-order valence-corrected chi connectivity index (χ0v) is 9.07. The summed E-state index contributed by atoms with van der Waals surface area (Å²) in [5, 5.41) is 9.03. The topological polar surface area (TPSA) is 79.7 Å². The molecule has 1 atom stereocenters. The van der Waals surface area contributed by atoms with E-state index < -0.39 is 18.1 Å². The van der Waals surface area contributed by atoms with Gasteiger partial charge >= 0.3 is 12.1 Å². The van der Waals surface area contributed by atoms with Crippen LogP contribution in [0, 0.1) is 0 Å². The second-order valence-electron chi connectivity index (χ2n) is 3.71. The van der Waals surface area contributed by atoms with Crippen molar-refractivity contribution in [3.05, 3.63) is 30.1 Å². The number of cyclic esters (lactones) is 1. The Morgan fingerprint density at radius 2 is 2.41 bits per heavy atom. The van der Waals surface area contributed by atoms with Crippen molar-refractivity contribution in [3.63, 3.8) is 0 Å². The van der Waals surface area contributed by atoms with Gasteiger partial charge in [-0.3, -0.25) is 9.88 Å².